The molecule has 2 atom stereocenters. The molecule has 1 aromatic carbocycles. The number of fused-ring (bicyclic) bond motifs is 3. The van der Waals surface area contributed by atoms with Crippen LogP contribution in [0.5, 0.6) is 5.75 Å². The van der Waals surface area contributed by atoms with Crippen LogP contribution in [0, 0.1) is 0 Å². The average Bonchev–Trinajstić information content (AvgIpc) is 3.28. The molecule has 9 nitrogen and oxygen atoms in total. The molecular weight excluding hydrogens is 420 g/mol. The molecule has 0 spiro atoms. The maximum atomic E-state index is 13.2. The molecule has 1 saturated heterocycles. The van der Waals surface area contributed by atoms with Gasteiger partial charge in [0.2, 0.25) is 0 Å². The lowest BCUT2D eigenvalue weighted by Gasteiger charge is -2.35. The molecule has 1 fully saturated rings. The maximum absolute atomic E-state index is 13.2. The predicted octanol–water partition coefficient (Wildman–Crippen LogP) is 2.50. The van der Waals surface area contributed by atoms with E-state index >= 15 is 0 Å². The third kappa shape index (κ3) is 4.34. The van der Waals surface area contributed by atoms with Gasteiger partial charge < -0.3 is 9.47 Å². The summed E-state index contributed by atoms with van der Waals surface area (Å²) in [6, 6.07) is 9.82. The third-order valence-electron chi connectivity index (χ3n) is 5.86. The third-order valence-corrected chi connectivity index (χ3v) is 5.86. The van der Waals surface area contributed by atoms with E-state index < -0.39 is 0 Å². The van der Waals surface area contributed by atoms with Gasteiger partial charge in [-0.05, 0) is 50.1 Å². The molecule has 4 aromatic rings. The maximum Gasteiger partial charge on any atom is 0.352 e. The highest BCUT2D eigenvalue weighted by molar-refractivity contribution is 5.89. The zero-order chi connectivity index (χ0) is 22.9. The van der Waals surface area contributed by atoms with E-state index in [1.165, 1.54) is 10.8 Å². The zero-order valence-corrected chi connectivity index (χ0v) is 19.1. The Morgan fingerprint density at radius 2 is 1.79 bits per heavy atom. The second kappa shape index (κ2) is 8.92. The molecule has 0 N–H and O–H groups in total. The van der Waals surface area contributed by atoms with Gasteiger partial charge in [0.25, 0.3) is 0 Å². The standard InChI is InChI=1S/C24H28N6O3/c1-4-32-20-7-5-18(6-8-20)14-29-22-21(23-26-15-27-30(23)24(29)31)9-19(10-25-22)13-28-11-16(2)33-17(3)12-28/h5-10,15-17H,4,11-14H2,1-3H3. The van der Waals surface area contributed by atoms with Crippen LogP contribution >= 0.6 is 0 Å². The Morgan fingerprint density at radius 3 is 2.52 bits per heavy atom. The molecule has 9 heteroatoms. The van der Waals surface area contributed by atoms with Crippen molar-refractivity contribution in [2.24, 2.45) is 0 Å². The molecule has 0 aliphatic carbocycles. The lowest BCUT2D eigenvalue weighted by atomic mass is 10.1. The van der Waals surface area contributed by atoms with Crippen LogP contribution in [0.4, 0.5) is 0 Å². The minimum atomic E-state index is -0.264. The normalized spacial score (nSPS) is 19.4. The Kier molecular flexibility index (Phi) is 5.82. The lowest BCUT2D eigenvalue weighted by molar-refractivity contribution is -0.0705. The van der Waals surface area contributed by atoms with E-state index in [0.717, 1.165) is 41.9 Å². The van der Waals surface area contributed by atoms with Gasteiger partial charge in [-0.2, -0.15) is 9.61 Å². The van der Waals surface area contributed by atoms with E-state index in [-0.39, 0.29) is 17.9 Å². The molecule has 3 aromatic heterocycles. The number of hydrogen-bond acceptors (Lipinski definition) is 7. The van der Waals surface area contributed by atoms with Crippen LogP contribution in [-0.2, 0) is 17.8 Å². The first kappa shape index (κ1) is 21.5. The van der Waals surface area contributed by atoms with Crippen molar-refractivity contribution in [3.63, 3.8) is 0 Å². The Hall–Kier alpha value is -3.30. The molecule has 1 aliphatic heterocycles. The number of hydrogen-bond donors (Lipinski definition) is 0. The van der Waals surface area contributed by atoms with Crippen LogP contribution < -0.4 is 10.4 Å². The molecule has 172 valence electrons. The molecule has 0 amide bonds. The Bertz CT molecular complexity index is 1320. The molecule has 5 rings (SSSR count). The summed E-state index contributed by atoms with van der Waals surface area (Å²) >= 11 is 0. The summed E-state index contributed by atoms with van der Waals surface area (Å²) in [6.07, 6.45) is 3.66. The molecule has 0 radical (unpaired) electrons. The fourth-order valence-electron chi connectivity index (χ4n) is 4.59. The predicted molar refractivity (Wildman–Crippen MR) is 125 cm³/mol. The quantitative estimate of drug-likeness (QED) is 0.448. The highest BCUT2D eigenvalue weighted by Gasteiger charge is 2.23. The number of morpholine rings is 1. The van der Waals surface area contributed by atoms with Gasteiger partial charge in [-0.25, -0.2) is 14.8 Å². The summed E-state index contributed by atoms with van der Waals surface area (Å²) in [5.41, 5.74) is 2.90. The number of nitrogens with zero attached hydrogens (tertiary/aromatic N) is 6. The number of aromatic nitrogens is 5. The average molecular weight is 449 g/mol. The van der Waals surface area contributed by atoms with Gasteiger partial charge in [-0.15, -0.1) is 0 Å². The van der Waals surface area contributed by atoms with E-state index in [4.69, 9.17) is 14.5 Å². The molecule has 33 heavy (non-hydrogen) atoms. The Labute approximate surface area is 191 Å². The van der Waals surface area contributed by atoms with Crippen molar-refractivity contribution in [1.29, 1.82) is 0 Å². The van der Waals surface area contributed by atoms with E-state index in [1.807, 2.05) is 37.4 Å². The molecule has 4 heterocycles. The van der Waals surface area contributed by atoms with E-state index in [9.17, 15) is 4.79 Å². The fraction of sp³-hybridized carbons (Fsp3) is 0.417. The van der Waals surface area contributed by atoms with Gasteiger partial charge in [-0.3, -0.25) is 9.47 Å². The minimum Gasteiger partial charge on any atom is -0.494 e. The zero-order valence-electron chi connectivity index (χ0n) is 19.1. The van der Waals surface area contributed by atoms with Crippen LogP contribution in [0.1, 0.15) is 31.9 Å². The van der Waals surface area contributed by atoms with Gasteiger partial charge in [0.1, 0.15) is 17.7 Å². The second-order valence-electron chi connectivity index (χ2n) is 8.61. The molecule has 0 saturated carbocycles. The van der Waals surface area contributed by atoms with Crippen molar-refractivity contribution < 1.29 is 9.47 Å². The Balaban J connectivity index is 1.52. The number of ether oxygens (including phenoxy) is 2. The number of pyridine rings is 1. The second-order valence-corrected chi connectivity index (χ2v) is 8.61. The van der Waals surface area contributed by atoms with Crippen molar-refractivity contribution >= 4 is 16.7 Å². The lowest BCUT2D eigenvalue weighted by Crippen LogP contribution is -2.44. The molecular formula is C24H28N6O3. The smallest absolute Gasteiger partial charge is 0.352 e. The summed E-state index contributed by atoms with van der Waals surface area (Å²) in [6.45, 7) is 9.65. The summed E-state index contributed by atoms with van der Waals surface area (Å²) in [4.78, 5) is 24.6. The van der Waals surface area contributed by atoms with Gasteiger partial charge in [-0.1, -0.05) is 12.1 Å². The van der Waals surface area contributed by atoms with Crippen LogP contribution in [0.3, 0.4) is 0 Å². The van der Waals surface area contributed by atoms with Crippen molar-refractivity contribution in [2.75, 3.05) is 19.7 Å². The van der Waals surface area contributed by atoms with Crippen LogP contribution in [0.25, 0.3) is 16.7 Å². The topological polar surface area (TPSA) is 86.8 Å². The summed E-state index contributed by atoms with van der Waals surface area (Å²) in [5, 5.41) is 4.98. The number of rotatable bonds is 6. The van der Waals surface area contributed by atoms with Crippen LogP contribution in [0.15, 0.2) is 47.7 Å². The van der Waals surface area contributed by atoms with Crippen LogP contribution in [-0.4, -0.2) is 61.0 Å². The van der Waals surface area contributed by atoms with Crippen molar-refractivity contribution in [1.82, 2.24) is 29.0 Å². The largest absolute Gasteiger partial charge is 0.494 e. The summed E-state index contributed by atoms with van der Waals surface area (Å²) in [7, 11) is 0. The first-order valence-electron chi connectivity index (χ1n) is 11.3. The highest BCUT2D eigenvalue weighted by Crippen LogP contribution is 2.21. The summed E-state index contributed by atoms with van der Waals surface area (Å²) in [5.74, 6) is 0.805. The molecule has 1 aliphatic rings. The summed E-state index contributed by atoms with van der Waals surface area (Å²) < 4.78 is 14.4. The van der Waals surface area contributed by atoms with E-state index in [2.05, 4.69) is 34.9 Å². The van der Waals surface area contributed by atoms with E-state index in [0.29, 0.717) is 24.4 Å². The molecule has 0 bridgehead atoms. The van der Waals surface area contributed by atoms with Gasteiger partial charge in [0.15, 0.2) is 5.65 Å². The first-order chi connectivity index (χ1) is 16.0. The van der Waals surface area contributed by atoms with E-state index in [1.54, 1.807) is 4.57 Å². The Morgan fingerprint density at radius 1 is 1.03 bits per heavy atom. The van der Waals surface area contributed by atoms with Crippen molar-refractivity contribution in [3.8, 4) is 5.75 Å². The number of benzene rings is 1. The van der Waals surface area contributed by atoms with Crippen molar-refractivity contribution in [3.05, 3.63) is 64.5 Å². The van der Waals surface area contributed by atoms with Crippen molar-refractivity contribution in [2.45, 2.75) is 46.1 Å². The van der Waals surface area contributed by atoms with Gasteiger partial charge in [0.05, 0.1) is 30.7 Å². The fourth-order valence-corrected chi connectivity index (χ4v) is 4.59. The monoisotopic (exact) mass is 448 g/mol. The highest BCUT2D eigenvalue weighted by atomic mass is 16.5. The van der Waals surface area contributed by atoms with Crippen LogP contribution in [0.2, 0.25) is 0 Å². The minimum absolute atomic E-state index is 0.199. The first-order valence-corrected chi connectivity index (χ1v) is 11.3. The SMILES string of the molecule is CCOc1ccc(Cn2c(=O)n3ncnc3c3cc(CN4CC(C)OC(C)C4)cnc32)cc1. The molecule has 2 unspecified atom stereocenters. The van der Waals surface area contributed by atoms with Gasteiger partial charge in [0, 0.05) is 25.8 Å². The van der Waals surface area contributed by atoms with Gasteiger partial charge >= 0.3 is 5.69 Å².